The predicted octanol–water partition coefficient (Wildman–Crippen LogP) is 3.24. The molecule has 0 bridgehead atoms. The Balaban J connectivity index is 0.000000334. The van der Waals surface area contributed by atoms with Gasteiger partial charge in [0.1, 0.15) is 0 Å². The molecule has 4 aromatic rings. The number of rotatable bonds is 1. The number of methoxy groups -OCH3 is 1. The molecule has 0 saturated carbocycles. The molecule has 0 saturated heterocycles. The van der Waals surface area contributed by atoms with Gasteiger partial charge in [-0.2, -0.15) is 0 Å². The summed E-state index contributed by atoms with van der Waals surface area (Å²) >= 11 is 0. The Hall–Kier alpha value is -3.68. The van der Waals surface area contributed by atoms with Gasteiger partial charge in [-0.3, -0.25) is 9.59 Å². The van der Waals surface area contributed by atoms with Gasteiger partial charge in [0.2, 0.25) is 0 Å². The van der Waals surface area contributed by atoms with Crippen molar-refractivity contribution in [3.8, 4) is 0 Å². The predicted molar refractivity (Wildman–Crippen MR) is 109 cm³/mol. The molecule has 28 heavy (non-hydrogen) atoms. The maximum Gasteiger partial charge on any atom is 0.332 e. The molecule has 2 N–H and O–H groups in total. The van der Waals surface area contributed by atoms with Gasteiger partial charge in [0.25, 0.3) is 12.4 Å². The fraction of sp³-hybridized carbons (Fsp3) is 0.200. The first-order valence-corrected chi connectivity index (χ1v) is 8.53. The summed E-state index contributed by atoms with van der Waals surface area (Å²) < 4.78 is 5.48. The van der Waals surface area contributed by atoms with E-state index in [-0.39, 0.29) is 5.69 Å². The molecule has 8 nitrogen and oxygen atoms in total. The van der Waals surface area contributed by atoms with Crippen LogP contribution in [0.2, 0.25) is 0 Å². The lowest BCUT2D eigenvalue weighted by molar-refractivity contribution is -0.134. The van der Waals surface area contributed by atoms with Crippen LogP contribution in [-0.2, 0) is 14.3 Å². The average molecular weight is 385 g/mol. The maximum absolute atomic E-state index is 12.1. The highest BCUT2D eigenvalue weighted by Crippen LogP contribution is 2.20. The van der Waals surface area contributed by atoms with Gasteiger partial charge in [0.05, 0.1) is 23.7 Å². The topological polar surface area (TPSA) is 114 Å². The highest BCUT2D eigenvalue weighted by Gasteiger charge is 2.09. The number of benzene rings is 2. The number of para-hydroxylation sites is 3. The van der Waals surface area contributed by atoms with Gasteiger partial charge in [-0.05, 0) is 24.3 Å². The second-order valence-corrected chi connectivity index (χ2v) is 5.09. The van der Waals surface area contributed by atoms with Crippen molar-refractivity contribution in [1.29, 1.82) is 0 Å². The zero-order valence-electron chi connectivity index (χ0n) is 16.2. The fourth-order valence-corrected chi connectivity index (χ4v) is 2.37. The molecule has 148 valence electrons. The Morgan fingerprint density at radius 1 is 1.14 bits per heavy atom. The van der Waals surface area contributed by atoms with E-state index in [4.69, 9.17) is 14.7 Å². The second-order valence-electron chi connectivity index (χ2n) is 5.09. The fourth-order valence-electron chi connectivity index (χ4n) is 2.37. The van der Waals surface area contributed by atoms with Gasteiger partial charge < -0.3 is 14.8 Å². The number of ether oxygens (including phenoxy) is 1. The van der Waals surface area contributed by atoms with Crippen LogP contribution < -0.4 is 5.69 Å². The highest BCUT2D eigenvalue weighted by molar-refractivity contribution is 5.95. The summed E-state index contributed by atoms with van der Waals surface area (Å²) in [4.78, 5) is 37.5. The van der Waals surface area contributed by atoms with Crippen molar-refractivity contribution < 1.29 is 19.4 Å². The summed E-state index contributed by atoms with van der Waals surface area (Å²) in [5, 5.41) is 8.37. The SMILES string of the molecule is CC.CC(=O)O.COC=O.O=c1[nH]c2ccccc2c2nc3ccccc3n12. The zero-order valence-corrected chi connectivity index (χ0v) is 16.2. The van der Waals surface area contributed by atoms with Crippen molar-refractivity contribution >= 4 is 40.0 Å². The van der Waals surface area contributed by atoms with Crippen LogP contribution in [0.25, 0.3) is 27.6 Å². The average Bonchev–Trinajstić information content (AvgIpc) is 3.10. The minimum atomic E-state index is -0.833. The minimum Gasteiger partial charge on any atom is -0.481 e. The van der Waals surface area contributed by atoms with E-state index < -0.39 is 5.97 Å². The Bertz CT molecular complexity index is 1110. The van der Waals surface area contributed by atoms with E-state index in [9.17, 15) is 4.79 Å². The van der Waals surface area contributed by atoms with Crippen molar-refractivity contribution in [2.75, 3.05) is 7.11 Å². The smallest absolute Gasteiger partial charge is 0.332 e. The van der Waals surface area contributed by atoms with Gasteiger partial charge in [0, 0.05) is 12.3 Å². The Labute approximate surface area is 161 Å². The highest BCUT2D eigenvalue weighted by atomic mass is 16.5. The Morgan fingerprint density at radius 3 is 2.29 bits per heavy atom. The number of aromatic amines is 1. The first-order valence-electron chi connectivity index (χ1n) is 8.53. The molecule has 0 radical (unpaired) electrons. The molecule has 0 atom stereocenters. The van der Waals surface area contributed by atoms with Crippen molar-refractivity contribution in [2.24, 2.45) is 0 Å². The summed E-state index contributed by atoms with van der Waals surface area (Å²) in [6.45, 7) is 5.46. The van der Waals surface area contributed by atoms with E-state index in [1.54, 1.807) is 4.40 Å². The number of H-pyrrole nitrogens is 1. The van der Waals surface area contributed by atoms with Crippen LogP contribution in [0.1, 0.15) is 20.8 Å². The van der Waals surface area contributed by atoms with Crippen LogP contribution in [0.5, 0.6) is 0 Å². The third kappa shape index (κ3) is 5.41. The molecular formula is C20H23N3O5. The molecule has 0 unspecified atom stereocenters. The van der Waals surface area contributed by atoms with Gasteiger partial charge in [-0.1, -0.05) is 38.1 Å². The van der Waals surface area contributed by atoms with E-state index in [2.05, 4.69) is 14.7 Å². The standard InChI is InChI=1S/C14H9N3O.2C2H4O2.C2H6/c18-14-16-10-6-2-1-5-9(10)13-15-11-7-3-4-8-12(11)17(13)14;1-4-2-3;1-2(3)4;1-2/h1-8H,(H,16,18);2H,1H3;1H3,(H,3,4);1-2H3. The first-order chi connectivity index (χ1) is 13.5. The lowest BCUT2D eigenvalue weighted by Crippen LogP contribution is -2.15. The molecule has 0 spiro atoms. The number of fused-ring (bicyclic) bond motifs is 5. The molecule has 0 amide bonds. The number of nitrogens with one attached hydrogen (secondary N) is 1. The molecule has 2 aromatic heterocycles. The molecule has 0 aliphatic heterocycles. The van der Waals surface area contributed by atoms with Crippen LogP contribution in [0.15, 0.2) is 53.3 Å². The molecule has 4 rings (SSSR count). The Kier molecular flexibility index (Phi) is 8.88. The largest absolute Gasteiger partial charge is 0.481 e. The summed E-state index contributed by atoms with van der Waals surface area (Å²) in [6, 6.07) is 15.3. The number of carboxylic acids is 1. The van der Waals surface area contributed by atoms with E-state index in [0.717, 1.165) is 28.9 Å². The van der Waals surface area contributed by atoms with Crippen LogP contribution in [0.3, 0.4) is 0 Å². The zero-order chi connectivity index (χ0) is 21.1. The van der Waals surface area contributed by atoms with Gasteiger partial charge in [0.15, 0.2) is 5.65 Å². The van der Waals surface area contributed by atoms with Crippen LogP contribution in [0, 0.1) is 0 Å². The number of aromatic nitrogens is 3. The molecular weight excluding hydrogens is 362 g/mol. The second kappa shape index (κ2) is 11.1. The lowest BCUT2D eigenvalue weighted by Gasteiger charge is -1.99. The number of carboxylic acid groups (broad SMARTS) is 1. The van der Waals surface area contributed by atoms with Crippen molar-refractivity contribution in [3.63, 3.8) is 0 Å². The van der Waals surface area contributed by atoms with Gasteiger partial charge >= 0.3 is 5.69 Å². The molecule has 2 heterocycles. The number of carbonyl (C=O) groups is 2. The minimum absolute atomic E-state index is 0.155. The number of aliphatic carboxylic acids is 1. The molecule has 0 fully saturated rings. The third-order valence-electron chi connectivity index (χ3n) is 3.27. The van der Waals surface area contributed by atoms with Gasteiger partial charge in [-0.15, -0.1) is 0 Å². The monoisotopic (exact) mass is 385 g/mol. The number of imidazole rings is 1. The normalized spacial score (nSPS) is 9.29. The van der Waals surface area contributed by atoms with E-state index in [0.29, 0.717) is 12.1 Å². The first kappa shape index (κ1) is 22.4. The Morgan fingerprint density at radius 2 is 1.68 bits per heavy atom. The summed E-state index contributed by atoms with van der Waals surface area (Å²) in [6.07, 6.45) is 0. The van der Waals surface area contributed by atoms with E-state index in [1.807, 2.05) is 62.4 Å². The third-order valence-corrected chi connectivity index (χ3v) is 3.27. The van der Waals surface area contributed by atoms with Crippen molar-refractivity contribution in [1.82, 2.24) is 14.4 Å². The number of hydrogen-bond acceptors (Lipinski definition) is 5. The van der Waals surface area contributed by atoms with E-state index >= 15 is 0 Å². The van der Waals surface area contributed by atoms with Crippen LogP contribution in [0.4, 0.5) is 0 Å². The summed E-state index contributed by atoms with van der Waals surface area (Å²) in [7, 11) is 1.31. The van der Waals surface area contributed by atoms with Gasteiger partial charge in [-0.25, -0.2) is 14.2 Å². The van der Waals surface area contributed by atoms with Crippen molar-refractivity contribution in [2.45, 2.75) is 20.8 Å². The number of nitrogens with zero attached hydrogens (tertiary/aromatic N) is 2. The van der Waals surface area contributed by atoms with Crippen molar-refractivity contribution in [3.05, 3.63) is 59.0 Å². The van der Waals surface area contributed by atoms with E-state index in [1.165, 1.54) is 7.11 Å². The summed E-state index contributed by atoms with van der Waals surface area (Å²) in [5.41, 5.74) is 3.03. The molecule has 0 aliphatic rings. The lowest BCUT2D eigenvalue weighted by atomic mass is 10.2. The van der Waals surface area contributed by atoms with Crippen LogP contribution in [-0.4, -0.2) is 39.0 Å². The molecule has 2 aromatic carbocycles. The quantitative estimate of drug-likeness (QED) is 0.486. The van der Waals surface area contributed by atoms with Crippen LogP contribution >= 0.6 is 0 Å². The maximum atomic E-state index is 12.1. The number of carbonyl (C=O) groups excluding carboxylic acids is 1. The molecule has 8 heteroatoms. The summed E-state index contributed by atoms with van der Waals surface area (Å²) in [5.74, 6) is -0.833. The number of hydrogen-bond donors (Lipinski definition) is 2. The molecule has 0 aliphatic carbocycles.